The van der Waals surface area contributed by atoms with Crippen LogP contribution in [-0.4, -0.2) is 27.4 Å². The van der Waals surface area contributed by atoms with Crippen LogP contribution in [0.2, 0.25) is 0 Å². The van der Waals surface area contributed by atoms with Crippen molar-refractivity contribution in [1.82, 2.24) is 20.7 Å². The molecular formula is C11H18N4O. The summed E-state index contributed by atoms with van der Waals surface area (Å²) in [6.45, 7) is 2.21. The zero-order valence-corrected chi connectivity index (χ0v) is 9.57. The zero-order chi connectivity index (χ0) is 11.4. The maximum atomic E-state index is 11.7. The Morgan fingerprint density at radius 2 is 2.50 bits per heavy atom. The van der Waals surface area contributed by atoms with Crippen LogP contribution in [0.1, 0.15) is 49.5 Å². The second kappa shape index (κ2) is 5.09. The highest BCUT2D eigenvalue weighted by atomic mass is 16.2. The molecule has 1 aliphatic rings. The molecule has 0 aliphatic heterocycles. The first-order valence-corrected chi connectivity index (χ1v) is 5.96. The van der Waals surface area contributed by atoms with Crippen LogP contribution in [-0.2, 0) is 0 Å². The summed E-state index contributed by atoms with van der Waals surface area (Å²) in [5.74, 6) is 0.645. The number of carbonyl (C=O) groups is 1. The molecule has 2 atom stereocenters. The van der Waals surface area contributed by atoms with Crippen LogP contribution < -0.4 is 5.32 Å². The van der Waals surface area contributed by atoms with Gasteiger partial charge in [-0.3, -0.25) is 4.79 Å². The van der Waals surface area contributed by atoms with Crippen LogP contribution in [0.3, 0.4) is 0 Å². The summed E-state index contributed by atoms with van der Waals surface area (Å²) in [4.78, 5) is 11.7. The van der Waals surface area contributed by atoms with Gasteiger partial charge in [-0.15, -0.1) is 0 Å². The van der Waals surface area contributed by atoms with Gasteiger partial charge in [-0.05, 0) is 18.8 Å². The highest BCUT2D eigenvalue weighted by molar-refractivity contribution is 5.91. The van der Waals surface area contributed by atoms with Gasteiger partial charge >= 0.3 is 0 Å². The monoisotopic (exact) mass is 222 g/mol. The average Bonchev–Trinajstić information content (AvgIpc) is 2.83. The number of nitrogens with zero attached hydrogens (tertiary/aromatic N) is 2. The molecule has 0 spiro atoms. The first-order valence-electron chi connectivity index (χ1n) is 5.96. The van der Waals surface area contributed by atoms with E-state index >= 15 is 0 Å². The van der Waals surface area contributed by atoms with Crippen LogP contribution in [0.5, 0.6) is 0 Å². The third kappa shape index (κ3) is 2.59. The minimum absolute atomic E-state index is 0.115. The number of rotatable bonds is 3. The molecule has 5 nitrogen and oxygen atoms in total. The van der Waals surface area contributed by atoms with Gasteiger partial charge in [0.2, 0.25) is 0 Å². The molecule has 2 N–H and O–H groups in total. The molecule has 0 aromatic carbocycles. The van der Waals surface area contributed by atoms with Crippen LogP contribution in [0, 0.1) is 5.92 Å². The van der Waals surface area contributed by atoms with Crippen molar-refractivity contribution in [2.24, 2.45) is 5.92 Å². The third-order valence-electron chi connectivity index (χ3n) is 3.34. The van der Waals surface area contributed by atoms with Crippen molar-refractivity contribution in [3.63, 3.8) is 0 Å². The second-order valence-corrected chi connectivity index (χ2v) is 4.47. The summed E-state index contributed by atoms with van der Waals surface area (Å²) in [5.41, 5.74) is 0.374. The maximum absolute atomic E-state index is 11.7. The molecule has 1 aromatic rings. The SMILES string of the molecule is CCC1CCCC(NC(=O)c2cn[nH]n2)C1. The Morgan fingerprint density at radius 1 is 1.62 bits per heavy atom. The Hall–Kier alpha value is -1.39. The fourth-order valence-electron chi connectivity index (χ4n) is 2.36. The van der Waals surface area contributed by atoms with Gasteiger partial charge in [0.25, 0.3) is 5.91 Å². The first-order chi connectivity index (χ1) is 7.79. The molecule has 5 heteroatoms. The van der Waals surface area contributed by atoms with E-state index in [9.17, 15) is 4.79 Å². The number of H-pyrrole nitrogens is 1. The van der Waals surface area contributed by atoms with Gasteiger partial charge in [0, 0.05) is 6.04 Å². The Bertz CT molecular complexity index is 336. The molecule has 0 saturated heterocycles. The Balaban J connectivity index is 1.87. The van der Waals surface area contributed by atoms with Crippen molar-refractivity contribution in [1.29, 1.82) is 0 Å². The molecule has 1 amide bonds. The number of hydrogen-bond acceptors (Lipinski definition) is 3. The van der Waals surface area contributed by atoms with Gasteiger partial charge < -0.3 is 5.32 Å². The smallest absolute Gasteiger partial charge is 0.273 e. The number of aromatic nitrogens is 3. The van der Waals surface area contributed by atoms with Crippen LogP contribution in [0.15, 0.2) is 6.20 Å². The number of hydrogen-bond donors (Lipinski definition) is 2. The summed E-state index contributed by atoms with van der Waals surface area (Å²) in [5, 5.41) is 12.9. The standard InChI is InChI=1S/C11H18N4O/c1-2-8-4-3-5-9(6-8)13-11(16)10-7-12-15-14-10/h7-9H,2-6H2,1H3,(H,13,16)(H,12,14,15). The lowest BCUT2D eigenvalue weighted by Crippen LogP contribution is -2.38. The summed E-state index contributed by atoms with van der Waals surface area (Å²) in [6.07, 6.45) is 7.35. The highest BCUT2D eigenvalue weighted by Crippen LogP contribution is 2.26. The summed E-state index contributed by atoms with van der Waals surface area (Å²) < 4.78 is 0. The largest absolute Gasteiger partial charge is 0.348 e. The van der Waals surface area contributed by atoms with E-state index in [0.717, 1.165) is 18.8 Å². The molecule has 88 valence electrons. The molecule has 1 aromatic heterocycles. The summed E-state index contributed by atoms with van der Waals surface area (Å²) in [7, 11) is 0. The highest BCUT2D eigenvalue weighted by Gasteiger charge is 2.22. The fraction of sp³-hybridized carbons (Fsp3) is 0.727. The fourth-order valence-corrected chi connectivity index (χ4v) is 2.36. The van der Waals surface area contributed by atoms with E-state index in [1.165, 1.54) is 25.5 Å². The van der Waals surface area contributed by atoms with Crippen molar-refractivity contribution in [3.8, 4) is 0 Å². The lowest BCUT2D eigenvalue weighted by Gasteiger charge is -2.28. The molecule has 1 aliphatic carbocycles. The third-order valence-corrected chi connectivity index (χ3v) is 3.34. The topological polar surface area (TPSA) is 70.7 Å². The van der Waals surface area contributed by atoms with Crippen molar-refractivity contribution in [2.45, 2.75) is 45.1 Å². The Kier molecular flexibility index (Phi) is 3.54. The van der Waals surface area contributed by atoms with Gasteiger partial charge in [-0.25, -0.2) is 0 Å². The van der Waals surface area contributed by atoms with Crippen molar-refractivity contribution < 1.29 is 4.79 Å². The molecule has 16 heavy (non-hydrogen) atoms. The lowest BCUT2D eigenvalue weighted by molar-refractivity contribution is 0.0914. The average molecular weight is 222 g/mol. The molecule has 0 radical (unpaired) electrons. The van der Waals surface area contributed by atoms with Gasteiger partial charge in [-0.1, -0.05) is 26.2 Å². The van der Waals surface area contributed by atoms with Crippen LogP contribution in [0.4, 0.5) is 0 Å². The number of nitrogens with one attached hydrogen (secondary N) is 2. The Labute approximate surface area is 95.0 Å². The minimum atomic E-state index is -0.115. The molecular weight excluding hydrogens is 204 g/mol. The molecule has 1 saturated carbocycles. The molecule has 2 rings (SSSR count). The van der Waals surface area contributed by atoms with E-state index in [1.807, 2.05) is 0 Å². The maximum Gasteiger partial charge on any atom is 0.273 e. The van der Waals surface area contributed by atoms with E-state index in [1.54, 1.807) is 0 Å². The van der Waals surface area contributed by atoms with Gasteiger partial charge in [0.15, 0.2) is 5.69 Å². The minimum Gasteiger partial charge on any atom is -0.348 e. The van der Waals surface area contributed by atoms with Crippen molar-refractivity contribution >= 4 is 5.91 Å². The second-order valence-electron chi connectivity index (χ2n) is 4.47. The number of aromatic amines is 1. The van der Waals surface area contributed by atoms with E-state index in [0.29, 0.717) is 11.7 Å². The molecule has 1 fully saturated rings. The molecule has 2 unspecified atom stereocenters. The normalized spacial score (nSPS) is 25.3. The van der Waals surface area contributed by atoms with E-state index in [2.05, 4.69) is 27.7 Å². The van der Waals surface area contributed by atoms with Crippen LogP contribution >= 0.6 is 0 Å². The van der Waals surface area contributed by atoms with Gasteiger partial charge in [0.05, 0.1) is 6.20 Å². The predicted molar refractivity (Wildman–Crippen MR) is 59.9 cm³/mol. The zero-order valence-electron chi connectivity index (χ0n) is 9.57. The number of amides is 1. The van der Waals surface area contributed by atoms with Crippen LogP contribution in [0.25, 0.3) is 0 Å². The molecule has 1 heterocycles. The quantitative estimate of drug-likeness (QED) is 0.814. The van der Waals surface area contributed by atoms with E-state index < -0.39 is 0 Å². The first kappa shape index (κ1) is 11.1. The van der Waals surface area contributed by atoms with Gasteiger partial charge in [-0.2, -0.15) is 15.4 Å². The predicted octanol–water partition coefficient (Wildman–Crippen LogP) is 1.50. The summed E-state index contributed by atoms with van der Waals surface area (Å²) in [6, 6.07) is 0.308. The summed E-state index contributed by atoms with van der Waals surface area (Å²) >= 11 is 0. The van der Waals surface area contributed by atoms with E-state index in [-0.39, 0.29) is 5.91 Å². The lowest BCUT2D eigenvalue weighted by atomic mass is 9.84. The van der Waals surface area contributed by atoms with Crippen molar-refractivity contribution in [2.75, 3.05) is 0 Å². The van der Waals surface area contributed by atoms with Crippen molar-refractivity contribution in [3.05, 3.63) is 11.9 Å². The molecule has 0 bridgehead atoms. The van der Waals surface area contributed by atoms with E-state index in [4.69, 9.17) is 0 Å². The number of carbonyl (C=O) groups excluding carboxylic acids is 1. The van der Waals surface area contributed by atoms with Gasteiger partial charge in [0.1, 0.15) is 0 Å². The Morgan fingerprint density at radius 3 is 3.19 bits per heavy atom.